The summed E-state index contributed by atoms with van der Waals surface area (Å²) in [7, 11) is 0. The lowest BCUT2D eigenvalue weighted by atomic mass is 10.2. The van der Waals surface area contributed by atoms with Gasteiger partial charge in [-0.15, -0.1) is 23.1 Å². The Labute approximate surface area is 92.3 Å². The Hall–Kier alpha value is -0.0600. The molecule has 0 saturated heterocycles. The summed E-state index contributed by atoms with van der Waals surface area (Å²) in [6, 6.07) is 3.89. The fourth-order valence-electron chi connectivity index (χ4n) is 1.22. The molecule has 0 atom stereocenters. The average molecular weight is 277 g/mol. The van der Waals surface area contributed by atoms with Crippen molar-refractivity contribution in [2.45, 2.75) is 4.90 Å². The second kappa shape index (κ2) is 3.59. The summed E-state index contributed by atoms with van der Waals surface area (Å²) in [6.45, 7) is 0. The minimum atomic E-state index is -0.114. The summed E-state index contributed by atoms with van der Waals surface area (Å²) in [5.41, 5.74) is 0. The molecule has 0 aliphatic heterocycles. The molecule has 0 fully saturated rings. The third-order valence-corrected chi connectivity index (χ3v) is 3.90. The molecule has 13 heavy (non-hydrogen) atoms. The Morgan fingerprint density at radius 1 is 1.46 bits per heavy atom. The molecule has 0 aliphatic carbocycles. The van der Waals surface area contributed by atoms with Crippen molar-refractivity contribution >= 4 is 49.1 Å². The highest BCUT2D eigenvalue weighted by molar-refractivity contribution is 9.10. The van der Waals surface area contributed by atoms with E-state index in [0.29, 0.717) is 0 Å². The lowest BCUT2D eigenvalue weighted by Gasteiger charge is -2.00. The maximum absolute atomic E-state index is 13.3. The number of halogens is 2. The van der Waals surface area contributed by atoms with E-state index in [9.17, 15) is 4.39 Å². The van der Waals surface area contributed by atoms with Gasteiger partial charge in [0, 0.05) is 24.8 Å². The predicted octanol–water partition coefficient (Wildman–Crippen LogP) is 4.52. The first-order valence-electron chi connectivity index (χ1n) is 3.62. The second-order valence-corrected chi connectivity index (χ2v) is 5.24. The van der Waals surface area contributed by atoms with Crippen molar-refractivity contribution in [1.29, 1.82) is 0 Å². The van der Waals surface area contributed by atoms with Crippen LogP contribution in [0.25, 0.3) is 10.1 Å². The number of hydrogen-bond donors (Lipinski definition) is 0. The molecule has 0 unspecified atom stereocenters. The Bertz CT molecular complexity index is 450. The molecular formula is C9H6BrFS2. The van der Waals surface area contributed by atoms with E-state index in [4.69, 9.17) is 0 Å². The lowest BCUT2D eigenvalue weighted by molar-refractivity contribution is 0.642. The number of thioether (sulfide) groups is 1. The van der Waals surface area contributed by atoms with Crippen LogP contribution in [0.2, 0.25) is 0 Å². The summed E-state index contributed by atoms with van der Waals surface area (Å²) in [6.07, 6.45) is 1.96. The molecule has 4 heteroatoms. The summed E-state index contributed by atoms with van der Waals surface area (Å²) in [5.74, 6) is -0.114. The smallest absolute Gasteiger partial charge is 0.142 e. The van der Waals surface area contributed by atoms with E-state index >= 15 is 0 Å². The van der Waals surface area contributed by atoms with Crippen LogP contribution in [-0.4, -0.2) is 6.26 Å². The molecule has 0 amide bonds. The largest absolute Gasteiger partial charge is 0.205 e. The molecular weight excluding hydrogens is 271 g/mol. The summed E-state index contributed by atoms with van der Waals surface area (Å²) in [4.78, 5) is 0.989. The first-order valence-corrected chi connectivity index (χ1v) is 6.52. The monoisotopic (exact) mass is 276 g/mol. The standard InChI is InChI=1S/C9H6BrFS2/c1-12-7-2-5(10)3-8-9(7)6(11)4-13-8/h2-4H,1H3. The van der Waals surface area contributed by atoms with Gasteiger partial charge >= 0.3 is 0 Å². The van der Waals surface area contributed by atoms with Crippen molar-refractivity contribution in [1.82, 2.24) is 0 Å². The SMILES string of the molecule is CSc1cc(Br)cc2scc(F)c12. The van der Waals surface area contributed by atoms with Gasteiger partial charge in [0.25, 0.3) is 0 Å². The van der Waals surface area contributed by atoms with E-state index in [0.717, 1.165) is 19.5 Å². The molecule has 0 nitrogen and oxygen atoms in total. The Morgan fingerprint density at radius 3 is 2.92 bits per heavy atom. The quantitative estimate of drug-likeness (QED) is 0.690. The van der Waals surface area contributed by atoms with Crippen molar-refractivity contribution in [2.24, 2.45) is 0 Å². The molecule has 0 saturated carbocycles. The fraction of sp³-hybridized carbons (Fsp3) is 0.111. The Kier molecular flexibility index (Phi) is 2.62. The normalized spacial score (nSPS) is 11.0. The van der Waals surface area contributed by atoms with Crippen LogP contribution in [0, 0.1) is 5.82 Å². The van der Waals surface area contributed by atoms with E-state index < -0.39 is 0 Å². The molecule has 0 radical (unpaired) electrons. The molecule has 0 N–H and O–H groups in total. The number of benzene rings is 1. The van der Waals surface area contributed by atoms with Crippen molar-refractivity contribution in [2.75, 3.05) is 6.26 Å². The minimum Gasteiger partial charge on any atom is -0.205 e. The van der Waals surface area contributed by atoms with Crippen LogP contribution in [0.1, 0.15) is 0 Å². The second-order valence-electron chi connectivity index (χ2n) is 2.56. The van der Waals surface area contributed by atoms with Gasteiger partial charge in [0.15, 0.2) is 0 Å². The number of fused-ring (bicyclic) bond motifs is 1. The number of hydrogen-bond acceptors (Lipinski definition) is 2. The van der Waals surface area contributed by atoms with Crippen LogP contribution >= 0.6 is 39.0 Å². The molecule has 1 aromatic carbocycles. The van der Waals surface area contributed by atoms with Crippen molar-refractivity contribution in [3.05, 3.63) is 27.8 Å². The van der Waals surface area contributed by atoms with E-state index in [2.05, 4.69) is 15.9 Å². The average Bonchev–Trinajstić information content (AvgIpc) is 2.46. The van der Waals surface area contributed by atoms with Crippen LogP contribution < -0.4 is 0 Å². The highest BCUT2D eigenvalue weighted by atomic mass is 79.9. The van der Waals surface area contributed by atoms with Crippen molar-refractivity contribution < 1.29 is 4.39 Å². The molecule has 0 aliphatic rings. The number of thiophene rings is 1. The molecule has 68 valence electrons. The van der Waals surface area contributed by atoms with Gasteiger partial charge in [0.1, 0.15) is 5.82 Å². The van der Waals surface area contributed by atoms with Crippen LogP contribution in [-0.2, 0) is 0 Å². The Morgan fingerprint density at radius 2 is 2.23 bits per heavy atom. The minimum absolute atomic E-state index is 0.114. The van der Waals surface area contributed by atoms with E-state index in [1.807, 2.05) is 18.4 Å². The highest BCUT2D eigenvalue weighted by Crippen LogP contribution is 2.35. The van der Waals surface area contributed by atoms with Gasteiger partial charge in [-0.05, 0) is 18.4 Å². The van der Waals surface area contributed by atoms with E-state index in [-0.39, 0.29) is 5.82 Å². The molecule has 1 aromatic heterocycles. The first kappa shape index (κ1) is 9.49. The van der Waals surface area contributed by atoms with Crippen LogP contribution in [0.15, 0.2) is 26.9 Å². The van der Waals surface area contributed by atoms with Crippen molar-refractivity contribution in [3.63, 3.8) is 0 Å². The zero-order valence-electron chi connectivity index (χ0n) is 6.80. The van der Waals surface area contributed by atoms with Crippen LogP contribution in [0.4, 0.5) is 4.39 Å². The summed E-state index contributed by atoms with van der Waals surface area (Å²) < 4.78 is 15.3. The maximum atomic E-state index is 13.3. The van der Waals surface area contributed by atoms with Gasteiger partial charge in [-0.1, -0.05) is 15.9 Å². The molecule has 1 heterocycles. The highest BCUT2D eigenvalue weighted by Gasteiger charge is 2.09. The van der Waals surface area contributed by atoms with E-state index in [1.54, 1.807) is 17.1 Å². The molecule has 2 aromatic rings. The van der Waals surface area contributed by atoms with Gasteiger partial charge in [-0.25, -0.2) is 4.39 Å². The number of rotatable bonds is 1. The van der Waals surface area contributed by atoms with Gasteiger partial charge in [-0.2, -0.15) is 0 Å². The molecule has 0 spiro atoms. The van der Waals surface area contributed by atoms with Gasteiger partial charge in [0.2, 0.25) is 0 Å². The van der Waals surface area contributed by atoms with Gasteiger partial charge in [-0.3, -0.25) is 0 Å². The zero-order valence-corrected chi connectivity index (χ0v) is 10.0. The summed E-state index contributed by atoms with van der Waals surface area (Å²) in [5, 5.41) is 2.30. The van der Waals surface area contributed by atoms with Crippen LogP contribution in [0.5, 0.6) is 0 Å². The molecule has 2 rings (SSSR count). The fourth-order valence-corrected chi connectivity index (χ4v) is 3.57. The van der Waals surface area contributed by atoms with Crippen LogP contribution in [0.3, 0.4) is 0 Å². The Balaban J connectivity index is 2.85. The summed E-state index contributed by atoms with van der Waals surface area (Å²) >= 11 is 6.41. The third-order valence-electron chi connectivity index (χ3n) is 1.78. The first-order chi connectivity index (χ1) is 6.22. The van der Waals surface area contributed by atoms with Gasteiger partial charge in [0.05, 0.1) is 0 Å². The van der Waals surface area contributed by atoms with E-state index in [1.165, 1.54) is 11.3 Å². The molecule has 0 bridgehead atoms. The lowest BCUT2D eigenvalue weighted by Crippen LogP contribution is -1.76. The maximum Gasteiger partial charge on any atom is 0.142 e. The zero-order chi connectivity index (χ0) is 9.42. The predicted molar refractivity (Wildman–Crippen MR) is 61.3 cm³/mol. The van der Waals surface area contributed by atoms with Gasteiger partial charge < -0.3 is 0 Å². The van der Waals surface area contributed by atoms with Crippen molar-refractivity contribution in [3.8, 4) is 0 Å². The third kappa shape index (κ3) is 1.63. The topological polar surface area (TPSA) is 0 Å².